The summed E-state index contributed by atoms with van der Waals surface area (Å²) in [6, 6.07) is 0. The minimum atomic E-state index is -0.172. The van der Waals surface area contributed by atoms with Gasteiger partial charge in [-0.1, -0.05) is 6.58 Å². The first-order chi connectivity index (χ1) is 8.15. The number of nitrogens with zero attached hydrogens (tertiary/aromatic N) is 2. The Balaban J connectivity index is 2.34. The molecule has 0 bridgehead atoms. The van der Waals surface area contributed by atoms with Crippen LogP contribution in [-0.2, 0) is 4.74 Å². The first kappa shape index (κ1) is 12.5. The second-order valence-electron chi connectivity index (χ2n) is 4.08. The summed E-state index contributed by atoms with van der Waals surface area (Å²) in [4.78, 5) is 11.6. The molecular formula is C12H15BrN2O2. The summed E-state index contributed by atoms with van der Waals surface area (Å²) >= 11 is 3.40. The Kier molecular flexibility index (Phi) is 3.79. The molecule has 0 saturated carbocycles. The van der Waals surface area contributed by atoms with E-state index in [1.54, 1.807) is 4.68 Å². The van der Waals surface area contributed by atoms with Crippen LogP contribution < -0.4 is 0 Å². The maximum absolute atomic E-state index is 11.6. The number of ether oxygens (including phenoxy) is 1. The molecule has 2 rings (SSSR count). The van der Waals surface area contributed by atoms with Crippen molar-refractivity contribution >= 4 is 21.7 Å². The molecule has 0 N–H and O–H groups in total. The van der Waals surface area contributed by atoms with Crippen molar-refractivity contribution < 1.29 is 9.53 Å². The van der Waals surface area contributed by atoms with Crippen molar-refractivity contribution in [3.8, 4) is 0 Å². The van der Waals surface area contributed by atoms with E-state index in [2.05, 4.69) is 27.6 Å². The molecule has 0 aromatic carbocycles. The molecule has 92 valence electrons. The molecule has 0 radical (unpaired) electrons. The van der Waals surface area contributed by atoms with Crippen LogP contribution in [0.25, 0.3) is 0 Å². The lowest BCUT2D eigenvalue weighted by atomic mass is 10.2. The van der Waals surface area contributed by atoms with Crippen molar-refractivity contribution in [1.82, 2.24) is 9.78 Å². The van der Waals surface area contributed by atoms with Crippen LogP contribution in [0, 0.1) is 6.92 Å². The van der Waals surface area contributed by atoms with Crippen LogP contribution in [0.2, 0.25) is 0 Å². The van der Waals surface area contributed by atoms with Crippen molar-refractivity contribution in [1.29, 1.82) is 0 Å². The Hall–Kier alpha value is -0.940. The Labute approximate surface area is 109 Å². The number of rotatable bonds is 3. The van der Waals surface area contributed by atoms with Gasteiger partial charge in [-0.05, 0) is 48.2 Å². The Morgan fingerprint density at radius 3 is 3.00 bits per heavy atom. The summed E-state index contributed by atoms with van der Waals surface area (Å²) in [6.45, 7) is 6.16. The summed E-state index contributed by atoms with van der Waals surface area (Å²) in [7, 11) is 0. The van der Waals surface area contributed by atoms with Gasteiger partial charge in [-0.3, -0.25) is 4.79 Å². The van der Waals surface area contributed by atoms with Gasteiger partial charge in [-0.15, -0.1) is 0 Å². The van der Waals surface area contributed by atoms with Crippen molar-refractivity contribution in [2.24, 2.45) is 0 Å². The quantitative estimate of drug-likeness (QED) is 0.636. The number of ketones is 1. The van der Waals surface area contributed by atoms with Gasteiger partial charge < -0.3 is 4.74 Å². The van der Waals surface area contributed by atoms with Gasteiger partial charge in [0.25, 0.3) is 0 Å². The number of allylic oxidation sites excluding steroid dienone is 1. The van der Waals surface area contributed by atoms with E-state index < -0.39 is 0 Å². The molecule has 1 saturated heterocycles. The summed E-state index contributed by atoms with van der Waals surface area (Å²) in [5, 5.41) is 4.33. The van der Waals surface area contributed by atoms with Gasteiger partial charge in [0.2, 0.25) is 5.78 Å². The van der Waals surface area contributed by atoms with Gasteiger partial charge in [0.05, 0.1) is 10.2 Å². The predicted octanol–water partition coefficient (Wildman–Crippen LogP) is 3.02. The molecule has 17 heavy (non-hydrogen) atoms. The van der Waals surface area contributed by atoms with E-state index in [1.807, 2.05) is 6.92 Å². The summed E-state index contributed by atoms with van der Waals surface area (Å²) < 4.78 is 8.19. The lowest BCUT2D eigenvalue weighted by molar-refractivity contribution is -0.0407. The van der Waals surface area contributed by atoms with E-state index in [0.29, 0.717) is 5.69 Å². The van der Waals surface area contributed by atoms with Crippen LogP contribution >= 0.6 is 15.9 Å². The minimum Gasteiger partial charge on any atom is -0.357 e. The van der Waals surface area contributed by atoms with Gasteiger partial charge >= 0.3 is 0 Å². The van der Waals surface area contributed by atoms with E-state index in [1.165, 1.54) is 6.08 Å². The molecule has 1 aromatic rings. The van der Waals surface area contributed by atoms with Crippen LogP contribution in [0.4, 0.5) is 0 Å². The number of hydrogen-bond acceptors (Lipinski definition) is 3. The monoisotopic (exact) mass is 298 g/mol. The zero-order valence-electron chi connectivity index (χ0n) is 9.78. The summed E-state index contributed by atoms with van der Waals surface area (Å²) in [6.07, 6.45) is 4.39. The third-order valence-electron chi connectivity index (χ3n) is 2.92. The second kappa shape index (κ2) is 5.14. The van der Waals surface area contributed by atoms with Crippen LogP contribution in [0.1, 0.15) is 41.7 Å². The van der Waals surface area contributed by atoms with Gasteiger partial charge in [0, 0.05) is 6.61 Å². The molecule has 2 heterocycles. The van der Waals surface area contributed by atoms with Crippen LogP contribution in [0.3, 0.4) is 0 Å². The highest BCUT2D eigenvalue weighted by atomic mass is 79.9. The average molecular weight is 299 g/mol. The lowest BCUT2D eigenvalue weighted by Gasteiger charge is -2.23. The van der Waals surface area contributed by atoms with Gasteiger partial charge in [-0.2, -0.15) is 5.10 Å². The molecule has 1 fully saturated rings. The van der Waals surface area contributed by atoms with E-state index in [9.17, 15) is 4.79 Å². The number of carbonyl (C=O) groups is 1. The van der Waals surface area contributed by atoms with Crippen molar-refractivity contribution in [2.45, 2.75) is 32.4 Å². The van der Waals surface area contributed by atoms with Crippen LogP contribution in [-0.4, -0.2) is 22.2 Å². The molecule has 1 atom stereocenters. The van der Waals surface area contributed by atoms with Gasteiger partial charge in [0.1, 0.15) is 5.69 Å². The number of hydrogen-bond donors (Lipinski definition) is 0. The van der Waals surface area contributed by atoms with Crippen molar-refractivity contribution in [2.75, 3.05) is 6.61 Å². The van der Waals surface area contributed by atoms with Crippen molar-refractivity contribution in [3.05, 3.63) is 28.5 Å². The summed E-state index contributed by atoms with van der Waals surface area (Å²) in [5.41, 5.74) is 1.33. The zero-order valence-corrected chi connectivity index (χ0v) is 11.4. The maximum atomic E-state index is 11.6. The Morgan fingerprint density at radius 2 is 2.41 bits per heavy atom. The standard InChI is InChI=1S/C12H15BrN2O2/c1-3-9(16)12-11(13)8(2)15(14-12)10-6-4-5-7-17-10/h3,10H,1,4-7H2,2H3. The average Bonchev–Trinajstić information content (AvgIpc) is 2.67. The summed E-state index contributed by atoms with van der Waals surface area (Å²) in [5.74, 6) is -0.172. The smallest absolute Gasteiger partial charge is 0.206 e. The van der Waals surface area contributed by atoms with Gasteiger partial charge in [0.15, 0.2) is 6.23 Å². The number of aromatic nitrogens is 2. The fourth-order valence-electron chi connectivity index (χ4n) is 1.95. The predicted molar refractivity (Wildman–Crippen MR) is 68.0 cm³/mol. The molecule has 5 heteroatoms. The molecule has 0 amide bonds. The highest BCUT2D eigenvalue weighted by Gasteiger charge is 2.23. The van der Waals surface area contributed by atoms with Gasteiger partial charge in [-0.25, -0.2) is 4.68 Å². The van der Waals surface area contributed by atoms with Crippen LogP contribution in [0.5, 0.6) is 0 Å². The first-order valence-corrected chi connectivity index (χ1v) is 6.47. The highest BCUT2D eigenvalue weighted by molar-refractivity contribution is 9.10. The van der Waals surface area contributed by atoms with Crippen molar-refractivity contribution in [3.63, 3.8) is 0 Å². The largest absolute Gasteiger partial charge is 0.357 e. The topological polar surface area (TPSA) is 44.1 Å². The molecule has 1 aromatic heterocycles. The molecule has 1 unspecified atom stereocenters. The molecule has 0 aliphatic carbocycles. The highest BCUT2D eigenvalue weighted by Crippen LogP contribution is 2.28. The maximum Gasteiger partial charge on any atom is 0.206 e. The van der Waals surface area contributed by atoms with E-state index in [-0.39, 0.29) is 12.0 Å². The first-order valence-electron chi connectivity index (χ1n) is 5.68. The molecule has 1 aliphatic heterocycles. The Bertz CT molecular complexity index is 448. The third-order valence-corrected chi connectivity index (χ3v) is 3.87. The van der Waals surface area contributed by atoms with E-state index in [0.717, 1.165) is 36.0 Å². The zero-order chi connectivity index (χ0) is 12.4. The lowest BCUT2D eigenvalue weighted by Crippen LogP contribution is -2.20. The SMILES string of the molecule is C=CC(=O)c1nn(C2CCCCO2)c(C)c1Br. The molecular weight excluding hydrogens is 284 g/mol. The van der Waals surface area contributed by atoms with Crippen LogP contribution in [0.15, 0.2) is 17.1 Å². The third kappa shape index (κ3) is 2.35. The Morgan fingerprint density at radius 1 is 1.65 bits per heavy atom. The minimum absolute atomic E-state index is 0.0496. The molecule has 1 aliphatic rings. The fourth-order valence-corrected chi connectivity index (χ4v) is 2.41. The number of halogens is 1. The van der Waals surface area contributed by atoms with E-state index >= 15 is 0 Å². The molecule has 4 nitrogen and oxygen atoms in total. The molecule has 0 spiro atoms. The normalized spacial score (nSPS) is 20.2. The number of carbonyl (C=O) groups excluding carboxylic acids is 1. The second-order valence-corrected chi connectivity index (χ2v) is 4.88. The van der Waals surface area contributed by atoms with E-state index in [4.69, 9.17) is 4.74 Å². The fraction of sp³-hybridized carbons (Fsp3) is 0.500.